The third-order valence-electron chi connectivity index (χ3n) is 2.77. The molecule has 1 aromatic carbocycles. The van der Waals surface area contributed by atoms with Crippen molar-refractivity contribution >= 4 is 5.69 Å². The average Bonchev–Trinajstić information content (AvgIpc) is 2.15. The van der Waals surface area contributed by atoms with Crippen LogP contribution < -0.4 is 5.32 Å². The SMILES string of the molecule is CC1(C)CCc2c(C#N)cccc2N1. The first-order valence-electron chi connectivity index (χ1n) is 4.92. The molecule has 1 aromatic rings. The summed E-state index contributed by atoms with van der Waals surface area (Å²) in [6.07, 6.45) is 2.08. The maximum atomic E-state index is 8.95. The summed E-state index contributed by atoms with van der Waals surface area (Å²) < 4.78 is 0. The Balaban J connectivity index is 2.47. The van der Waals surface area contributed by atoms with Gasteiger partial charge in [0.25, 0.3) is 0 Å². The molecule has 2 rings (SSSR count). The Hall–Kier alpha value is -1.49. The molecule has 0 aromatic heterocycles. The maximum absolute atomic E-state index is 8.95. The Morgan fingerprint density at radius 2 is 2.21 bits per heavy atom. The summed E-state index contributed by atoms with van der Waals surface area (Å²) in [4.78, 5) is 0. The summed E-state index contributed by atoms with van der Waals surface area (Å²) in [7, 11) is 0. The fourth-order valence-corrected chi connectivity index (χ4v) is 1.94. The number of hydrogen-bond donors (Lipinski definition) is 1. The van der Waals surface area contributed by atoms with Crippen LogP contribution in [0.4, 0.5) is 5.69 Å². The highest BCUT2D eigenvalue weighted by molar-refractivity contribution is 5.61. The lowest BCUT2D eigenvalue weighted by Crippen LogP contribution is -2.35. The molecule has 0 atom stereocenters. The van der Waals surface area contributed by atoms with E-state index in [2.05, 4.69) is 31.3 Å². The van der Waals surface area contributed by atoms with Crippen molar-refractivity contribution in [2.75, 3.05) is 5.32 Å². The van der Waals surface area contributed by atoms with Crippen LogP contribution in [0.2, 0.25) is 0 Å². The Morgan fingerprint density at radius 3 is 2.93 bits per heavy atom. The molecule has 14 heavy (non-hydrogen) atoms. The molecule has 1 aliphatic heterocycles. The van der Waals surface area contributed by atoms with Gasteiger partial charge in [0.15, 0.2) is 0 Å². The fraction of sp³-hybridized carbons (Fsp3) is 0.417. The van der Waals surface area contributed by atoms with Crippen molar-refractivity contribution in [3.05, 3.63) is 29.3 Å². The van der Waals surface area contributed by atoms with Crippen molar-refractivity contribution in [2.45, 2.75) is 32.2 Å². The molecule has 2 nitrogen and oxygen atoms in total. The van der Waals surface area contributed by atoms with E-state index in [0.717, 1.165) is 24.1 Å². The highest BCUT2D eigenvalue weighted by Gasteiger charge is 2.25. The van der Waals surface area contributed by atoms with E-state index in [1.807, 2.05) is 12.1 Å². The molecule has 0 spiro atoms. The van der Waals surface area contributed by atoms with Gasteiger partial charge >= 0.3 is 0 Å². The molecule has 1 aliphatic rings. The quantitative estimate of drug-likeness (QED) is 0.676. The third-order valence-corrected chi connectivity index (χ3v) is 2.77. The van der Waals surface area contributed by atoms with Gasteiger partial charge in [-0.1, -0.05) is 6.07 Å². The van der Waals surface area contributed by atoms with Crippen LogP contribution in [0.1, 0.15) is 31.4 Å². The van der Waals surface area contributed by atoms with Gasteiger partial charge in [-0.3, -0.25) is 0 Å². The van der Waals surface area contributed by atoms with Gasteiger partial charge in [0.1, 0.15) is 0 Å². The second-order valence-electron chi connectivity index (χ2n) is 4.45. The highest BCUT2D eigenvalue weighted by Crippen LogP contribution is 2.31. The van der Waals surface area contributed by atoms with E-state index in [1.54, 1.807) is 0 Å². The molecule has 0 aliphatic carbocycles. The monoisotopic (exact) mass is 186 g/mol. The number of fused-ring (bicyclic) bond motifs is 1. The Morgan fingerprint density at radius 1 is 1.43 bits per heavy atom. The smallest absolute Gasteiger partial charge is 0.0995 e. The highest BCUT2D eigenvalue weighted by atomic mass is 15.0. The van der Waals surface area contributed by atoms with E-state index < -0.39 is 0 Å². The van der Waals surface area contributed by atoms with Crippen LogP contribution in [0.25, 0.3) is 0 Å². The van der Waals surface area contributed by atoms with Crippen molar-refractivity contribution < 1.29 is 0 Å². The van der Waals surface area contributed by atoms with Crippen LogP contribution in [0.15, 0.2) is 18.2 Å². The largest absolute Gasteiger partial charge is 0.380 e. The summed E-state index contributed by atoms with van der Waals surface area (Å²) in [6, 6.07) is 8.12. The Bertz CT molecular complexity index is 399. The minimum Gasteiger partial charge on any atom is -0.380 e. The van der Waals surface area contributed by atoms with Crippen LogP contribution in [0, 0.1) is 11.3 Å². The first-order chi connectivity index (χ1) is 6.62. The van der Waals surface area contributed by atoms with Crippen LogP contribution in [0.5, 0.6) is 0 Å². The molecule has 0 saturated carbocycles. The van der Waals surface area contributed by atoms with Crippen molar-refractivity contribution in [1.82, 2.24) is 0 Å². The molecule has 0 saturated heterocycles. The van der Waals surface area contributed by atoms with E-state index in [9.17, 15) is 0 Å². The maximum Gasteiger partial charge on any atom is 0.0995 e. The number of rotatable bonds is 0. The molecule has 0 bridgehead atoms. The summed E-state index contributed by atoms with van der Waals surface area (Å²) in [6.45, 7) is 4.38. The Kier molecular flexibility index (Phi) is 1.96. The third kappa shape index (κ3) is 1.46. The van der Waals surface area contributed by atoms with E-state index in [4.69, 9.17) is 5.26 Å². The number of benzene rings is 1. The predicted octanol–water partition coefficient (Wildman–Crippen LogP) is 2.69. The van der Waals surface area contributed by atoms with Crippen LogP contribution in [-0.4, -0.2) is 5.54 Å². The molecular weight excluding hydrogens is 172 g/mol. The van der Waals surface area contributed by atoms with Gasteiger partial charge in [-0.25, -0.2) is 0 Å². The minimum absolute atomic E-state index is 0.154. The van der Waals surface area contributed by atoms with Gasteiger partial charge < -0.3 is 5.32 Å². The lowest BCUT2D eigenvalue weighted by atomic mass is 9.87. The van der Waals surface area contributed by atoms with Crippen molar-refractivity contribution in [3.63, 3.8) is 0 Å². The molecular formula is C12H14N2. The zero-order valence-electron chi connectivity index (χ0n) is 8.59. The van der Waals surface area contributed by atoms with E-state index >= 15 is 0 Å². The van der Waals surface area contributed by atoms with E-state index in [0.29, 0.717) is 0 Å². The predicted molar refractivity (Wildman–Crippen MR) is 57.2 cm³/mol. The lowest BCUT2D eigenvalue weighted by Gasteiger charge is -2.34. The number of nitriles is 1. The number of anilines is 1. The first kappa shape index (κ1) is 9.08. The Labute approximate surface area is 84.6 Å². The van der Waals surface area contributed by atoms with Gasteiger partial charge in [0, 0.05) is 11.2 Å². The van der Waals surface area contributed by atoms with Crippen LogP contribution in [0.3, 0.4) is 0 Å². The van der Waals surface area contributed by atoms with Gasteiger partial charge in [-0.2, -0.15) is 5.26 Å². The first-order valence-corrected chi connectivity index (χ1v) is 4.92. The van der Waals surface area contributed by atoms with Crippen molar-refractivity contribution in [1.29, 1.82) is 5.26 Å². The molecule has 1 N–H and O–H groups in total. The van der Waals surface area contributed by atoms with Crippen LogP contribution >= 0.6 is 0 Å². The second-order valence-corrected chi connectivity index (χ2v) is 4.45. The number of nitrogens with zero attached hydrogens (tertiary/aromatic N) is 1. The van der Waals surface area contributed by atoms with Gasteiger partial charge in [0.05, 0.1) is 11.6 Å². The zero-order chi connectivity index (χ0) is 10.2. The average molecular weight is 186 g/mol. The summed E-state index contributed by atoms with van der Waals surface area (Å²) in [5, 5.41) is 12.4. The van der Waals surface area contributed by atoms with E-state index in [-0.39, 0.29) is 5.54 Å². The second kappa shape index (κ2) is 3.02. The summed E-state index contributed by atoms with van der Waals surface area (Å²) in [5.41, 5.74) is 3.27. The zero-order valence-corrected chi connectivity index (χ0v) is 8.59. The molecule has 2 heteroatoms. The van der Waals surface area contributed by atoms with E-state index in [1.165, 1.54) is 5.56 Å². The summed E-state index contributed by atoms with van der Waals surface area (Å²) in [5.74, 6) is 0. The molecule has 1 heterocycles. The van der Waals surface area contributed by atoms with Crippen molar-refractivity contribution in [2.24, 2.45) is 0 Å². The number of hydrogen-bond acceptors (Lipinski definition) is 2. The fourth-order valence-electron chi connectivity index (χ4n) is 1.94. The normalized spacial score (nSPS) is 17.8. The number of nitrogens with one attached hydrogen (secondary N) is 1. The molecule has 72 valence electrons. The molecule has 0 unspecified atom stereocenters. The van der Waals surface area contributed by atoms with Gasteiger partial charge in [0.2, 0.25) is 0 Å². The van der Waals surface area contributed by atoms with Gasteiger partial charge in [-0.05, 0) is 44.4 Å². The van der Waals surface area contributed by atoms with Crippen molar-refractivity contribution in [3.8, 4) is 6.07 Å². The summed E-state index contributed by atoms with van der Waals surface area (Å²) >= 11 is 0. The van der Waals surface area contributed by atoms with Crippen LogP contribution in [-0.2, 0) is 6.42 Å². The topological polar surface area (TPSA) is 35.8 Å². The van der Waals surface area contributed by atoms with Gasteiger partial charge in [-0.15, -0.1) is 0 Å². The molecule has 0 amide bonds. The molecule has 0 fully saturated rings. The lowest BCUT2D eigenvalue weighted by molar-refractivity contribution is 0.502. The molecule has 0 radical (unpaired) electrons. The standard InChI is InChI=1S/C12H14N2/c1-12(2)7-6-10-9(8-13)4-3-5-11(10)14-12/h3-5,14H,6-7H2,1-2H3. The minimum atomic E-state index is 0.154.